The van der Waals surface area contributed by atoms with Gasteiger partial charge in [-0.1, -0.05) is 30.3 Å². The first-order valence-corrected chi connectivity index (χ1v) is 14.5. The molecule has 0 unspecified atom stereocenters. The van der Waals surface area contributed by atoms with Gasteiger partial charge in [0.05, 0.1) is 24.0 Å². The van der Waals surface area contributed by atoms with E-state index >= 15 is 0 Å². The van der Waals surface area contributed by atoms with Crippen LogP contribution in [0.2, 0.25) is 0 Å². The Morgan fingerprint density at radius 1 is 1.12 bits per heavy atom. The van der Waals surface area contributed by atoms with E-state index in [1.54, 1.807) is 29.4 Å². The number of rotatable bonds is 9. The number of hydrogen-bond donors (Lipinski definition) is 3. The number of aryl methyl sites for hydroxylation is 1. The first-order chi connectivity index (χ1) is 20.5. The molecule has 2 saturated heterocycles. The summed E-state index contributed by atoms with van der Waals surface area (Å²) in [6.45, 7) is 3.24. The second-order valence-electron chi connectivity index (χ2n) is 11.1. The maximum Gasteiger partial charge on any atom is 0.254 e. The molecule has 0 aliphatic carbocycles. The summed E-state index contributed by atoms with van der Waals surface area (Å²) in [5.74, 6) is 0.193. The van der Waals surface area contributed by atoms with Gasteiger partial charge in [0.1, 0.15) is 18.6 Å². The number of oxazole rings is 2. The summed E-state index contributed by atoms with van der Waals surface area (Å²) >= 11 is 0. The van der Waals surface area contributed by atoms with Crippen molar-refractivity contribution in [2.24, 2.45) is 0 Å². The van der Waals surface area contributed by atoms with Gasteiger partial charge < -0.3 is 29.5 Å². The Hall–Kier alpha value is -4.28. The van der Waals surface area contributed by atoms with E-state index in [1.165, 1.54) is 12.5 Å². The smallest absolute Gasteiger partial charge is 0.254 e. The summed E-state index contributed by atoms with van der Waals surface area (Å²) in [4.78, 5) is 38.2. The van der Waals surface area contributed by atoms with Crippen molar-refractivity contribution in [3.8, 4) is 11.5 Å². The molecule has 2 aromatic carbocycles. The molecular formula is C32H35N5O5. The van der Waals surface area contributed by atoms with E-state index in [2.05, 4.69) is 20.6 Å². The zero-order chi connectivity index (χ0) is 29.1. The molecule has 4 atom stereocenters. The Kier molecular flexibility index (Phi) is 8.16. The molecule has 10 nitrogen and oxygen atoms in total. The first-order valence-electron chi connectivity index (χ1n) is 14.5. The van der Waals surface area contributed by atoms with Crippen LogP contribution in [-0.2, 0) is 6.42 Å². The molecule has 0 radical (unpaired) electrons. The van der Waals surface area contributed by atoms with E-state index in [0.29, 0.717) is 35.9 Å². The number of benzene rings is 2. The average molecular weight is 570 g/mol. The van der Waals surface area contributed by atoms with E-state index in [1.807, 2.05) is 37.3 Å². The summed E-state index contributed by atoms with van der Waals surface area (Å²) < 4.78 is 11.2. The lowest BCUT2D eigenvalue weighted by atomic mass is 9.95. The molecule has 2 aromatic heterocycles. The lowest BCUT2D eigenvalue weighted by molar-refractivity contribution is 0.0715. The number of amides is 2. The molecule has 4 aromatic rings. The normalized spacial score (nSPS) is 20.0. The molecule has 0 bridgehead atoms. The van der Waals surface area contributed by atoms with Crippen molar-refractivity contribution in [2.75, 3.05) is 13.1 Å². The van der Waals surface area contributed by atoms with Crippen LogP contribution in [0.4, 0.5) is 0 Å². The van der Waals surface area contributed by atoms with Crippen molar-refractivity contribution in [1.82, 2.24) is 25.5 Å². The average Bonchev–Trinajstić information content (AvgIpc) is 3.84. The zero-order valence-corrected chi connectivity index (χ0v) is 23.5. The minimum atomic E-state index is -0.790. The molecule has 218 valence electrons. The van der Waals surface area contributed by atoms with Gasteiger partial charge in [0.2, 0.25) is 11.8 Å². The number of carbonyl (C=O) groups is 2. The summed E-state index contributed by atoms with van der Waals surface area (Å²) in [6.07, 6.45) is 7.60. The molecule has 2 aliphatic heterocycles. The van der Waals surface area contributed by atoms with Crippen molar-refractivity contribution in [2.45, 2.75) is 63.3 Å². The molecule has 0 saturated carbocycles. The summed E-state index contributed by atoms with van der Waals surface area (Å²) in [5, 5.41) is 17.7. The van der Waals surface area contributed by atoms with Crippen molar-refractivity contribution >= 4 is 11.8 Å². The number of nitrogens with zero attached hydrogens (tertiary/aromatic N) is 3. The Morgan fingerprint density at radius 2 is 1.95 bits per heavy atom. The highest BCUT2D eigenvalue weighted by atomic mass is 16.3. The Bertz CT molecular complexity index is 1510. The third-order valence-corrected chi connectivity index (χ3v) is 8.09. The van der Waals surface area contributed by atoms with Crippen molar-refractivity contribution < 1.29 is 23.5 Å². The number of nitrogens with one attached hydrogen (secondary N) is 2. The molecule has 0 spiro atoms. The fourth-order valence-electron chi connectivity index (χ4n) is 5.99. The minimum Gasteiger partial charge on any atom is -0.446 e. The molecule has 4 heterocycles. The first kappa shape index (κ1) is 27.9. The van der Waals surface area contributed by atoms with Crippen LogP contribution in [0.15, 0.2) is 76.1 Å². The van der Waals surface area contributed by atoms with Crippen molar-refractivity contribution in [3.63, 3.8) is 0 Å². The van der Waals surface area contributed by atoms with Gasteiger partial charge in [-0.2, -0.15) is 0 Å². The van der Waals surface area contributed by atoms with Gasteiger partial charge in [0, 0.05) is 29.3 Å². The molecular weight excluding hydrogens is 534 g/mol. The number of aliphatic hydroxyl groups is 1. The van der Waals surface area contributed by atoms with Gasteiger partial charge in [-0.25, -0.2) is 9.97 Å². The SMILES string of the molecule is Cc1coc([C@H]2CCCN2C(=O)c2cc(C(=O)N[C@@H](Cc3ccccc3)[C@@H](O)[C@H]3CCCN3)cc(-c3ncco3)c2)n1. The Morgan fingerprint density at radius 3 is 2.67 bits per heavy atom. The van der Waals surface area contributed by atoms with Gasteiger partial charge in [0.25, 0.3) is 11.8 Å². The van der Waals surface area contributed by atoms with Crippen LogP contribution in [0, 0.1) is 6.92 Å². The fourth-order valence-corrected chi connectivity index (χ4v) is 5.99. The van der Waals surface area contributed by atoms with E-state index in [4.69, 9.17) is 8.83 Å². The molecule has 2 aliphatic rings. The second kappa shape index (κ2) is 12.3. The van der Waals surface area contributed by atoms with E-state index in [9.17, 15) is 14.7 Å². The van der Waals surface area contributed by atoms with Crippen LogP contribution in [0.3, 0.4) is 0 Å². The van der Waals surface area contributed by atoms with Crippen LogP contribution in [-0.4, -0.2) is 63.1 Å². The monoisotopic (exact) mass is 569 g/mol. The quantitative estimate of drug-likeness (QED) is 0.275. The van der Waals surface area contributed by atoms with Gasteiger partial charge in [0.15, 0.2) is 0 Å². The minimum absolute atomic E-state index is 0.110. The fraction of sp³-hybridized carbons (Fsp3) is 0.375. The van der Waals surface area contributed by atoms with Gasteiger partial charge >= 0.3 is 0 Å². The highest BCUT2D eigenvalue weighted by molar-refractivity contribution is 6.01. The maximum atomic E-state index is 13.9. The van der Waals surface area contributed by atoms with Crippen LogP contribution in [0.25, 0.3) is 11.5 Å². The van der Waals surface area contributed by atoms with Gasteiger partial charge in [-0.05, 0) is 69.3 Å². The van der Waals surface area contributed by atoms with E-state index in [-0.39, 0.29) is 23.6 Å². The van der Waals surface area contributed by atoms with Gasteiger partial charge in [-0.3, -0.25) is 9.59 Å². The largest absolute Gasteiger partial charge is 0.446 e. The van der Waals surface area contributed by atoms with Crippen LogP contribution < -0.4 is 10.6 Å². The number of carbonyl (C=O) groups excluding carboxylic acids is 2. The number of aliphatic hydroxyl groups excluding tert-OH is 1. The molecule has 2 fully saturated rings. The zero-order valence-electron chi connectivity index (χ0n) is 23.5. The summed E-state index contributed by atoms with van der Waals surface area (Å²) in [7, 11) is 0. The van der Waals surface area contributed by atoms with E-state index < -0.39 is 18.1 Å². The van der Waals surface area contributed by atoms with Crippen LogP contribution in [0.1, 0.15) is 69.6 Å². The predicted octanol–water partition coefficient (Wildman–Crippen LogP) is 4.07. The number of likely N-dealkylation sites (tertiary alicyclic amines) is 1. The third-order valence-electron chi connectivity index (χ3n) is 8.09. The second-order valence-corrected chi connectivity index (χ2v) is 11.1. The lowest BCUT2D eigenvalue weighted by Gasteiger charge is -2.29. The highest BCUT2D eigenvalue weighted by Gasteiger charge is 2.35. The predicted molar refractivity (Wildman–Crippen MR) is 155 cm³/mol. The standard InChI is InChI=1S/C32H35N5O5/c1-20-19-42-31(35-20)27-10-6-13-37(27)32(40)24-17-22(16-23(18-24)30-34-12-14-41-30)29(39)36-26(15-21-7-3-2-4-8-21)28(38)25-9-5-11-33-25/h2-4,7-8,12,14,16-19,25-28,33,38H,5-6,9-11,13,15H2,1H3,(H,36,39)/t25-,26+,27-,28+/m1/s1. The van der Waals surface area contributed by atoms with Crippen molar-refractivity contribution in [1.29, 1.82) is 0 Å². The Labute approximate surface area is 244 Å². The third kappa shape index (κ3) is 6.00. The number of aromatic nitrogens is 2. The van der Waals surface area contributed by atoms with Gasteiger partial charge in [-0.15, -0.1) is 0 Å². The molecule has 3 N–H and O–H groups in total. The topological polar surface area (TPSA) is 134 Å². The molecule has 42 heavy (non-hydrogen) atoms. The lowest BCUT2D eigenvalue weighted by Crippen LogP contribution is -2.52. The summed E-state index contributed by atoms with van der Waals surface area (Å²) in [6, 6.07) is 13.8. The molecule has 10 heteroatoms. The molecule has 6 rings (SSSR count). The van der Waals surface area contributed by atoms with E-state index in [0.717, 1.165) is 43.5 Å². The Balaban J connectivity index is 1.30. The summed E-state index contributed by atoms with van der Waals surface area (Å²) in [5.41, 5.74) is 2.89. The van der Waals surface area contributed by atoms with Crippen molar-refractivity contribution in [3.05, 3.63) is 95.5 Å². The van der Waals surface area contributed by atoms with Crippen LogP contribution in [0.5, 0.6) is 0 Å². The molecule has 2 amide bonds. The van der Waals surface area contributed by atoms with Crippen LogP contribution >= 0.6 is 0 Å². The highest BCUT2D eigenvalue weighted by Crippen LogP contribution is 2.33. The number of hydrogen-bond acceptors (Lipinski definition) is 8. The maximum absolute atomic E-state index is 13.9.